The van der Waals surface area contributed by atoms with Crippen molar-refractivity contribution in [3.63, 3.8) is 0 Å². The van der Waals surface area contributed by atoms with Gasteiger partial charge in [-0.3, -0.25) is 29.1 Å². The minimum absolute atomic E-state index is 0.111. The summed E-state index contributed by atoms with van der Waals surface area (Å²) in [6.45, 7) is 11.9. The third kappa shape index (κ3) is 4.10. The number of hydrogen-bond donors (Lipinski definition) is 1. The second-order valence-corrected chi connectivity index (χ2v) is 10.4. The number of nitrogens with one attached hydrogen (secondary N) is 1. The molecule has 0 aliphatic carbocycles. The summed E-state index contributed by atoms with van der Waals surface area (Å²) >= 11 is 0. The number of carbonyl (C=O) groups is 3. The van der Waals surface area contributed by atoms with Gasteiger partial charge >= 0.3 is 6.17 Å². The van der Waals surface area contributed by atoms with Crippen molar-refractivity contribution >= 4 is 34.2 Å². The van der Waals surface area contributed by atoms with E-state index in [1.54, 1.807) is 31.6 Å². The Kier molecular flexibility index (Phi) is 6.16. The minimum atomic E-state index is -0.961. The van der Waals surface area contributed by atoms with E-state index in [4.69, 9.17) is 6.57 Å². The third-order valence-electron chi connectivity index (χ3n) is 7.54. The van der Waals surface area contributed by atoms with E-state index in [1.807, 2.05) is 50.2 Å². The van der Waals surface area contributed by atoms with Crippen LogP contribution in [0.25, 0.3) is 15.6 Å². The Morgan fingerprint density at radius 2 is 2.00 bits per heavy atom. The highest BCUT2D eigenvalue weighted by Gasteiger charge is 2.59. The quantitative estimate of drug-likeness (QED) is 0.540. The maximum absolute atomic E-state index is 14.0. The smallest absolute Gasteiger partial charge is 0.302 e. The first-order valence-corrected chi connectivity index (χ1v) is 12.4. The van der Waals surface area contributed by atoms with E-state index in [2.05, 4.69) is 15.1 Å². The van der Waals surface area contributed by atoms with Gasteiger partial charge in [-0.2, -0.15) is 0 Å². The summed E-state index contributed by atoms with van der Waals surface area (Å²) in [7, 11) is 1.64. The van der Waals surface area contributed by atoms with Crippen LogP contribution in [0.15, 0.2) is 60.9 Å². The van der Waals surface area contributed by atoms with Gasteiger partial charge in [0.2, 0.25) is 5.91 Å². The van der Waals surface area contributed by atoms with Crippen molar-refractivity contribution < 1.29 is 14.4 Å². The van der Waals surface area contributed by atoms with Gasteiger partial charge < -0.3 is 10.2 Å². The van der Waals surface area contributed by atoms with E-state index in [1.165, 1.54) is 9.80 Å². The Morgan fingerprint density at radius 1 is 1.22 bits per heavy atom. The van der Waals surface area contributed by atoms with E-state index < -0.39 is 17.6 Å². The molecule has 5 rings (SSSR count). The van der Waals surface area contributed by atoms with Gasteiger partial charge in [-0.25, -0.2) is 6.57 Å². The first-order chi connectivity index (χ1) is 17.7. The van der Waals surface area contributed by atoms with Gasteiger partial charge in [0.15, 0.2) is 0 Å². The fourth-order valence-electron chi connectivity index (χ4n) is 5.58. The monoisotopic (exact) mass is 495 g/mol. The molecule has 3 heterocycles. The van der Waals surface area contributed by atoms with Crippen molar-refractivity contribution in [2.75, 3.05) is 18.9 Å². The Hall–Kier alpha value is -4.25. The van der Waals surface area contributed by atoms with Crippen LogP contribution in [-0.2, 0) is 15.0 Å². The lowest BCUT2D eigenvalue weighted by Gasteiger charge is -2.32. The Morgan fingerprint density at radius 3 is 2.76 bits per heavy atom. The fourth-order valence-corrected chi connectivity index (χ4v) is 5.58. The number of aromatic nitrogens is 1. The molecule has 0 radical (unpaired) electrons. The SMILES string of the molecule is [C-]#[N+][C@@H]1C[C@@]2(CN1C(=O)[C@H](CC(C)C)N(C)C(=O)c1ccc3ccncc3c1)C(=O)Nc1ccccc12. The van der Waals surface area contributed by atoms with Gasteiger partial charge in [-0.1, -0.05) is 38.1 Å². The van der Waals surface area contributed by atoms with Crippen LogP contribution < -0.4 is 5.32 Å². The molecule has 0 saturated carbocycles. The summed E-state index contributed by atoms with van der Waals surface area (Å²) < 4.78 is 0. The van der Waals surface area contributed by atoms with Gasteiger partial charge in [0.1, 0.15) is 11.5 Å². The number of likely N-dealkylation sites (tertiary alicyclic amines) is 1. The normalized spacial score (nSPS) is 21.1. The molecule has 188 valence electrons. The molecule has 8 heteroatoms. The van der Waals surface area contributed by atoms with Crippen LogP contribution in [0.5, 0.6) is 0 Å². The summed E-state index contributed by atoms with van der Waals surface area (Å²) in [4.78, 5) is 51.6. The average molecular weight is 496 g/mol. The van der Waals surface area contributed by atoms with Gasteiger partial charge in [-0.05, 0) is 47.6 Å². The third-order valence-corrected chi connectivity index (χ3v) is 7.54. The predicted molar refractivity (Wildman–Crippen MR) is 141 cm³/mol. The van der Waals surface area contributed by atoms with Crippen LogP contribution in [0, 0.1) is 12.5 Å². The highest BCUT2D eigenvalue weighted by molar-refractivity contribution is 6.07. The highest BCUT2D eigenvalue weighted by Crippen LogP contribution is 2.47. The molecule has 2 aliphatic heterocycles. The lowest BCUT2D eigenvalue weighted by molar-refractivity contribution is -0.136. The first-order valence-electron chi connectivity index (χ1n) is 12.4. The van der Waals surface area contributed by atoms with E-state index in [0.717, 1.165) is 22.0 Å². The van der Waals surface area contributed by atoms with E-state index in [-0.39, 0.29) is 36.6 Å². The van der Waals surface area contributed by atoms with Crippen molar-refractivity contribution in [3.8, 4) is 0 Å². The molecule has 1 aromatic heterocycles. The van der Waals surface area contributed by atoms with Crippen LogP contribution in [0.1, 0.15) is 42.6 Å². The van der Waals surface area contributed by atoms with Crippen molar-refractivity contribution in [1.82, 2.24) is 14.8 Å². The number of hydrogen-bond acceptors (Lipinski definition) is 4. The number of rotatable bonds is 5. The Bertz CT molecular complexity index is 1440. The molecule has 37 heavy (non-hydrogen) atoms. The molecule has 8 nitrogen and oxygen atoms in total. The van der Waals surface area contributed by atoms with Gasteiger partial charge in [0, 0.05) is 42.6 Å². The van der Waals surface area contributed by atoms with Gasteiger partial charge in [-0.15, -0.1) is 0 Å². The predicted octanol–water partition coefficient (Wildman–Crippen LogP) is 4.09. The molecule has 0 bridgehead atoms. The second kappa shape index (κ2) is 9.32. The minimum Gasteiger partial charge on any atom is -0.330 e. The molecule has 0 unspecified atom stereocenters. The Balaban J connectivity index is 1.46. The second-order valence-electron chi connectivity index (χ2n) is 10.4. The number of nitrogens with zero attached hydrogens (tertiary/aromatic N) is 4. The molecule has 3 atom stereocenters. The molecule has 3 amide bonds. The molecule has 1 saturated heterocycles. The topological polar surface area (TPSA) is 87.0 Å². The number of benzene rings is 2. The van der Waals surface area contributed by atoms with Crippen molar-refractivity contribution in [1.29, 1.82) is 0 Å². The molecular formula is C29H29N5O3. The van der Waals surface area contributed by atoms with Crippen molar-refractivity contribution in [3.05, 3.63) is 83.5 Å². The zero-order valence-corrected chi connectivity index (χ0v) is 21.1. The zero-order chi connectivity index (χ0) is 26.3. The number of likely N-dealkylation sites (N-methyl/N-ethyl adjacent to an activating group) is 1. The lowest BCUT2D eigenvalue weighted by atomic mass is 9.80. The van der Waals surface area contributed by atoms with Crippen molar-refractivity contribution in [2.45, 2.75) is 44.3 Å². The van der Waals surface area contributed by atoms with E-state index in [9.17, 15) is 14.4 Å². The summed E-state index contributed by atoms with van der Waals surface area (Å²) in [6, 6.07) is 14.0. The molecule has 2 aromatic carbocycles. The lowest BCUT2D eigenvalue weighted by Crippen LogP contribution is -2.51. The highest BCUT2D eigenvalue weighted by atomic mass is 16.2. The van der Waals surface area contributed by atoms with Crippen LogP contribution in [0.4, 0.5) is 5.69 Å². The molecule has 3 aromatic rings. The first kappa shape index (κ1) is 24.4. The van der Waals surface area contributed by atoms with E-state index >= 15 is 0 Å². The molecule has 1 spiro atoms. The maximum Gasteiger partial charge on any atom is 0.302 e. The molecular weight excluding hydrogens is 466 g/mol. The fraction of sp³-hybridized carbons (Fsp3) is 0.345. The number of para-hydroxylation sites is 1. The molecule has 1 fully saturated rings. The van der Waals surface area contributed by atoms with Gasteiger partial charge in [0.05, 0.1) is 6.42 Å². The van der Waals surface area contributed by atoms with Crippen LogP contribution in [0.3, 0.4) is 0 Å². The number of fused-ring (bicyclic) bond motifs is 3. The van der Waals surface area contributed by atoms with Crippen molar-refractivity contribution in [2.24, 2.45) is 5.92 Å². The summed E-state index contributed by atoms with van der Waals surface area (Å²) in [5.74, 6) is -0.639. The van der Waals surface area contributed by atoms with Crippen LogP contribution in [0.2, 0.25) is 0 Å². The number of anilines is 1. The molecule has 2 aliphatic rings. The summed E-state index contributed by atoms with van der Waals surface area (Å²) in [5, 5.41) is 4.74. The number of carbonyl (C=O) groups excluding carboxylic acids is 3. The number of amides is 3. The molecule has 1 N–H and O–H groups in total. The maximum atomic E-state index is 14.0. The van der Waals surface area contributed by atoms with E-state index in [0.29, 0.717) is 12.0 Å². The zero-order valence-electron chi connectivity index (χ0n) is 21.1. The number of pyridine rings is 1. The van der Waals surface area contributed by atoms with Crippen LogP contribution >= 0.6 is 0 Å². The summed E-state index contributed by atoms with van der Waals surface area (Å²) in [5.41, 5.74) is 1.05. The van der Waals surface area contributed by atoms with Gasteiger partial charge in [0.25, 0.3) is 11.8 Å². The summed E-state index contributed by atoms with van der Waals surface area (Å²) in [6.07, 6.45) is 3.29. The average Bonchev–Trinajstić information content (AvgIpc) is 3.43. The Labute approximate surface area is 216 Å². The largest absolute Gasteiger partial charge is 0.330 e. The standard InChI is InChI=1S/C29H29N5O3/c1-18(2)13-24(33(4)26(35)20-10-9-19-11-12-31-16-21(19)14-20)27(36)34-17-29(15-25(34)30-3)22-7-5-6-8-23(22)32-28(29)37/h5-12,14,16,18,24-25H,13,15,17H2,1-2,4H3,(H,32,37)/t24-,25-,29-/m0/s1. The van der Waals surface area contributed by atoms with Crippen LogP contribution in [-0.4, -0.2) is 58.3 Å².